The van der Waals surface area contributed by atoms with Crippen LogP contribution in [0.5, 0.6) is 0 Å². The van der Waals surface area contributed by atoms with Crippen molar-refractivity contribution in [2.75, 3.05) is 6.61 Å². The molecule has 12 heteroatoms. The second kappa shape index (κ2) is 15.3. The van der Waals surface area contributed by atoms with E-state index in [4.69, 9.17) is 18.9 Å². The van der Waals surface area contributed by atoms with E-state index in [9.17, 15) is 40.9 Å². The molecule has 4 aliphatic carbocycles. The van der Waals surface area contributed by atoms with Crippen molar-refractivity contribution in [3.8, 4) is 0 Å². The first-order chi connectivity index (χ1) is 25.1. The quantitative estimate of drug-likeness (QED) is 0.133. The van der Waals surface area contributed by atoms with Gasteiger partial charge in [-0.2, -0.15) is 0 Å². The van der Waals surface area contributed by atoms with Gasteiger partial charge in [0.2, 0.25) is 0 Å². The van der Waals surface area contributed by atoms with Crippen LogP contribution in [-0.4, -0.2) is 127 Å². The molecule has 6 fully saturated rings. The molecule has 0 aromatic heterocycles. The summed E-state index contributed by atoms with van der Waals surface area (Å²) in [6.07, 6.45) is -6.05. The highest BCUT2D eigenvalue weighted by Crippen LogP contribution is 2.76. The highest BCUT2D eigenvalue weighted by molar-refractivity contribution is 5.24. The molecule has 2 heterocycles. The van der Waals surface area contributed by atoms with Crippen LogP contribution in [-0.2, 0) is 18.9 Å². The molecule has 6 aliphatic rings. The lowest BCUT2D eigenvalue weighted by atomic mass is 9.34. The molecule has 4 saturated carbocycles. The number of allylic oxidation sites excluding steroid dienone is 4. The Bertz CT molecular complexity index is 1400. The van der Waals surface area contributed by atoms with Gasteiger partial charge in [-0.1, -0.05) is 57.9 Å². The summed E-state index contributed by atoms with van der Waals surface area (Å²) in [5.41, 5.74) is 1.01. The van der Waals surface area contributed by atoms with E-state index in [-0.39, 0.29) is 39.9 Å². The molecule has 0 aromatic carbocycles. The van der Waals surface area contributed by atoms with Crippen LogP contribution in [0, 0.1) is 45.3 Å². The zero-order valence-electron chi connectivity index (χ0n) is 33.8. The van der Waals surface area contributed by atoms with Gasteiger partial charge in [0.25, 0.3) is 0 Å². The third-order valence-corrected chi connectivity index (χ3v) is 16.0. The number of hydrogen-bond acceptors (Lipinski definition) is 12. The average Bonchev–Trinajstić information content (AvgIpc) is 3.48. The molecule has 0 amide bonds. The van der Waals surface area contributed by atoms with E-state index >= 15 is 0 Å². The summed E-state index contributed by atoms with van der Waals surface area (Å²) >= 11 is 0. The van der Waals surface area contributed by atoms with Gasteiger partial charge in [-0.15, -0.1) is 0 Å². The average molecular weight is 767 g/mol. The van der Waals surface area contributed by atoms with Crippen molar-refractivity contribution in [1.82, 2.24) is 0 Å². The fourth-order valence-electron chi connectivity index (χ4n) is 12.9. The SMILES string of the molecule is CC(C)=CC/C=C(/C)[C@H]1CC[C@]2(C)[C@@H]1[C@H](O)C[C@H]1[C@@]3(C)CC[C@H](O)C(C)(C)[C@@H]3[C@@H](O[C@@H]3O[C@H](CO)[C@@H](O)[C@H](O)[C@H]3O[C@@H]3O[C@@H](C)[C@H](O)[C@@H](O)[C@H]3O)C[C@]12C. The molecule has 20 atom stereocenters. The molecule has 54 heavy (non-hydrogen) atoms. The predicted molar refractivity (Wildman–Crippen MR) is 199 cm³/mol. The van der Waals surface area contributed by atoms with E-state index < -0.39 is 91.7 Å². The Kier molecular flexibility index (Phi) is 12.1. The molecule has 0 spiro atoms. The fourth-order valence-corrected chi connectivity index (χ4v) is 12.9. The lowest BCUT2D eigenvalue weighted by Crippen LogP contribution is -2.71. The van der Waals surface area contributed by atoms with Crippen molar-refractivity contribution < 1.29 is 59.8 Å². The second-order valence-electron chi connectivity index (χ2n) is 19.6. The highest BCUT2D eigenvalue weighted by Gasteiger charge is 2.73. The summed E-state index contributed by atoms with van der Waals surface area (Å²) in [5, 5.41) is 88.2. The van der Waals surface area contributed by atoms with Crippen molar-refractivity contribution in [3.05, 3.63) is 23.3 Å². The van der Waals surface area contributed by atoms with Gasteiger partial charge in [0.1, 0.15) is 42.7 Å². The lowest BCUT2D eigenvalue weighted by Gasteiger charge is -2.72. The maximum atomic E-state index is 12.2. The first-order valence-corrected chi connectivity index (χ1v) is 20.4. The van der Waals surface area contributed by atoms with Gasteiger partial charge in [-0.3, -0.25) is 0 Å². The predicted octanol–water partition coefficient (Wildman–Crippen LogP) is 2.95. The summed E-state index contributed by atoms with van der Waals surface area (Å²) in [4.78, 5) is 0. The molecule has 0 bridgehead atoms. The first-order valence-electron chi connectivity index (χ1n) is 20.4. The summed E-state index contributed by atoms with van der Waals surface area (Å²) in [5.74, 6) is 0.165. The Morgan fingerprint density at radius 2 is 1.44 bits per heavy atom. The van der Waals surface area contributed by atoms with Crippen molar-refractivity contribution >= 4 is 0 Å². The van der Waals surface area contributed by atoms with Crippen molar-refractivity contribution in [1.29, 1.82) is 0 Å². The maximum Gasteiger partial charge on any atom is 0.187 e. The van der Waals surface area contributed by atoms with Crippen LogP contribution in [0.15, 0.2) is 23.3 Å². The van der Waals surface area contributed by atoms with E-state index in [1.807, 2.05) is 0 Å². The van der Waals surface area contributed by atoms with E-state index in [1.54, 1.807) is 0 Å². The van der Waals surface area contributed by atoms with Crippen LogP contribution in [0.2, 0.25) is 0 Å². The van der Waals surface area contributed by atoms with Gasteiger partial charge >= 0.3 is 0 Å². The molecule has 6 rings (SSSR count). The summed E-state index contributed by atoms with van der Waals surface area (Å²) in [6.45, 7) is 18.5. The minimum Gasteiger partial charge on any atom is -0.394 e. The van der Waals surface area contributed by atoms with E-state index in [2.05, 4.69) is 67.5 Å². The van der Waals surface area contributed by atoms with Crippen LogP contribution in [0.4, 0.5) is 0 Å². The smallest absolute Gasteiger partial charge is 0.187 e. The summed E-state index contributed by atoms with van der Waals surface area (Å²) in [7, 11) is 0. The van der Waals surface area contributed by atoms with E-state index in [1.165, 1.54) is 18.1 Å². The maximum absolute atomic E-state index is 12.2. The normalized spacial score (nSPS) is 53.3. The lowest BCUT2D eigenvalue weighted by molar-refractivity contribution is -0.381. The Hall–Kier alpha value is -1.00. The van der Waals surface area contributed by atoms with Gasteiger partial charge in [-0.05, 0) is 118 Å². The molecular formula is C42H70O12. The van der Waals surface area contributed by atoms with Crippen LogP contribution in [0.3, 0.4) is 0 Å². The van der Waals surface area contributed by atoms with Crippen LogP contribution < -0.4 is 0 Å². The van der Waals surface area contributed by atoms with Crippen molar-refractivity contribution in [2.45, 2.75) is 187 Å². The largest absolute Gasteiger partial charge is 0.394 e. The van der Waals surface area contributed by atoms with Gasteiger partial charge in [0.05, 0.1) is 31.0 Å². The molecular weight excluding hydrogens is 696 g/mol. The monoisotopic (exact) mass is 766 g/mol. The number of ether oxygens (including phenoxy) is 4. The molecule has 0 aromatic rings. The first kappa shape index (κ1) is 42.6. The number of rotatable bonds is 8. The van der Waals surface area contributed by atoms with Gasteiger partial charge in [0, 0.05) is 0 Å². The van der Waals surface area contributed by atoms with Gasteiger partial charge < -0.3 is 59.8 Å². The Morgan fingerprint density at radius 3 is 2.09 bits per heavy atom. The fraction of sp³-hybridized carbons (Fsp3) is 0.905. The standard InChI is InChI=1S/C42H70O12/c1-20(2)11-10-12-21(3)23-13-16-41(8)29(23)24(44)17-27-40(7)15-14-28(45)39(5,6)36(40)25(18-42(27,41)9)52-38-35(33(49)31(47)26(19-43)53-38)54-37-34(50)32(48)30(46)22(4)51-37/h11-12,22-38,43-50H,10,13-19H2,1-9H3/b21-12-/t22-,23+,24+,25-,26+,27-,28-,29-,30-,31+,32+,33-,34+,35+,36-,37-,38+,40+,41+,42+/m0/s1. The molecule has 8 N–H and O–H groups in total. The number of aliphatic hydroxyl groups is 8. The molecule has 310 valence electrons. The van der Waals surface area contributed by atoms with Crippen LogP contribution in [0.1, 0.15) is 107 Å². The van der Waals surface area contributed by atoms with Crippen LogP contribution in [0.25, 0.3) is 0 Å². The number of fused-ring (bicyclic) bond motifs is 5. The molecule has 2 saturated heterocycles. The third kappa shape index (κ3) is 6.79. The Balaban J connectivity index is 1.39. The van der Waals surface area contributed by atoms with E-state index in [0.717, 1.165) is 25.7 Å². The van der Waals surface area contributed by atoms with Crippen LogP contribution >= 0.6 is 0 Å². The van der Waals surface area contributed by atoms with E-state index in [0.29, 0.717) is 19.3 Å². The molecule has 0 radical (unpaired) electrons. The summed E-state index contributed by atoms with van der Waals surface area (Å²) < 4.78 is 25.2. The van der Waals surface area contributed by atoms with Crippen molar-refractivity contribution in [2.24, 2.45) is 45.3 Å². The Labute approximate surface area is 321 Å². The third-order valence-electron chi connectivity index (χ3n) is 16.0. The zero-order valence-corrected chi connectivity index (χ0v) is 33.8. The summed E-state index contributed by atoms with van der Waals surface area (Å²) in [6, 6.07) is 0. The zero-order chi connectivity index (χ0) is 39.9. The highest BCUT2D eigenvalue weighted by atomic mass is 16.8. The number of hydrogen-bond donors (Lipinski definition) is 8. The number of aliphatic hydroxyl groups excluding tert-OH is 8. The second-order valence-corrected chi connectivity index (χ2v) is 19.6. The topological polar surface area (TPSA) is 199 Å². The molecule has 2 aliphatic heterocycles. The minimum atomic E-state index is -1.68. The molecule has 0 unspecified atom stereocenters. The van der Waals surface area contributed by atoms with Gasteiger partial charge in [-0.25, -0.2) is 0 Å². The van der Waals surface area contributed by atoms with Crippen molar-refractivity contribution in [3.63, 3.8) is 0 Å². The minimum absolute atomic E-state index is 0.0381. The van der Waals surface area contributed by atoms with Gasteiger partial charge in [0.15, 0.2) is 12.6 Å². The molecule has 12 nitrogen and oxygen atoms in total. The Morgan fingerprint density at radius 1 is 0.759 bits per heavy atom.